The van der Waals surface area contributed by atoms with Gasteiger partial charge in [-0.25, -0.2) is 0 Å². The predicted molar refractivity (Wildman–Crippen MR) is 77.1 cm³/mol. The van der Waals surface area contributed by atoms with E-state index in [1.807, 2.05) is 32.2 Å². The van der Waals surface area contributed by atoms with Crippen LogP contribution in [0.3, 0.4) is 0 Å². The van der Waals surface area contributed by atoms with E-state index in [2.05, 4.69) is 20.8 Å². The van der Waals surface area contributed by atoms with E-state index < -0.39 is 0 Å². The Morgan fingerprint density at radius 2 is 2.20 bits per heavy atom. The van der Waals surface area contributed by atoms with Gasteiger partial charge in [-0.1, -0.05) is 22.8 Å². The molecule has 2 aromatic rings. The van der Waals surface area contributed by atoms with Crippen molar-refractivity contribution in [1.82, 2.24) is 15.5 Å². The molecule has 0 bridgehead atoms. The summed E-state index contributed by atoms with van der Waals surface area (Å²) in [5, 5.41) is 14.6. The third-order valence-electron chi connectivity index (χ3n) is 2.96. The lowest BCUT2D eigenvalue weighted by Gasteiger charge is -2.10. The number of hydrogen-bond acceptors (Lipinski definition) is 6. The van der Waals surface area contributed by atoms with Crippen molar-refractivity contribution >= 4 is 17.6 Å². The van der Waals surface area contributed by atoms with E-state index in [9.17, 15) is 0 Å². The number of aromatic nitrogens is 2. The Labute approximate surface area is 122 Å². The summed E-state index contributed by atoms with van der Waals surface area (Å²) < 4.78 is 10.8. The zero-order chi connectivity index (χ0) is 14.5. The minimum atomic E-state index is 0.00731. The van der Waals surface area contributed by atoms with Crippen LogP contribution in [0.5, 0.6) is 5.75 Å². The first kappa shape index (κ1) is 14.6. The molecule has 7 heteroatoms. The van der Waals surface area contributed by atoms with Crippen molar-refractivity contribution in [2.45, 2.75) is 19.5 Å². The molecule has 20 heavy (non-hydrogen) atoms. The molecule has 6 nitrogen and oxygen atoms in total. The fourth-order valence-electron chi connectivity index (χ4n) is 1.67. The van der Waals surface area contributed by atoms with E-state index in [1.54, 1.807) is 7.11 Å². The zero-order valence-electron chi connectivity index (χ0n) is 11.6. The second kappa shape index (κ2) is 6.58. The van der Waals surface area contributed by atoms with Crippen LogP contribution in [-0.4, -0.2) is 24.4 Å². The Morgan fingerprint density at radius 1 is 1.40 bits per heavy atom. The molecule has 0 aliphatic rings. The summed E-state index contributed by atoms with van der Waals surface area (Å²) in [7, 11) is 3.44. The number of ether oxygens (including phenoxy) is 1. The maximum Gasteiger partial charge on any atom is 0.315 e. The highest BCUT2D eigenvalue weighted by Gasteiger charge is 2.13. The van der Waals surface area contributed by atoms with Gasteiger partial charge in [0.15, 0.2) is 0 Å². The van der Waals surface area contributed by atoms with Crippen LogP contribution < -0.4 is 15.4 Å². The summed E-state index contributed by atoms with van der Waals surface area (Å²) in [4.78, 5) is 0. The minimum absolute atomic E-state index is 0.00731. The average molecular weight is 297 g/mol. The number of anilines is 1. The fourth-order valence-corrected chi connectivity index (χ4v) is 1.90. The monoisotopic (exact) mass is 296 g/mol. The van der Waals surface area contributed by atoms with Crippen molar-refractivity contribution in [3.05, 3.63) is 34.7 Å². The Bertz CT molecular complexity index is 573. The highest BCUT2D eigenvalue weighted by Crippen LogP contribution is 2.27. The van der Waals surface area contributed by atoms with Crippen molar-refractivity contribution < 1.29 is 9.15 Å². The summed E-state index contributed by atoms with van der Waals surface area (Å²) in [6.07, 6.45) is 0. The lowest BCUT2D eigenvalue weighted by Crippen LogP contribution is -2.12. The van der Waals surface area contributed by atoms with Crippen molar-refractivity contribution in [3.8, 4) is 5.75 Å². The molecule has 1 aromatic heterocycles. The quantitative estimate of drug-likeness (QED) is 0.854. The largest absolute Gasteiger partial charge is 0.496 e. The van der Waals surface area contributed by atoms with Gasteiger partial charge in [0.05, 0.1) is 13.2 Å². The molecule has 1 atom stereocenters. The summed E-state index contributed by atoms with van der Waals surface area (Å²) >= 11 is 6.16. The lowest BCUT2D eigenvalue weighted by molar-refractivity contribution is 0.409. The van der Waals surface area contributed by atoms with Gasteiger partial charge in [-0.2, -0.15) is 0 Å². The second-order valence-corrected chi connectivity index (χ2v) is 4.64. The van der Waals surface area contributed by atoms with E-state index in [0.717, 1.165) is 5.56 Å². The molecule has 0 aliphatic carbocycles. The van der Waals surface area contributed by atoms with Crippen molar-refractivity contribution in [1.29, 1.82) is 0 Å². The minimum Gasteiger partial charge on any atom is -0.496 e. The number of nitrogens with zero attached hydrogens (tertiary/aromatic N) is 2. The molecule has 2 rings (SSSR count). The maximum atomic E-state index is 6.16. The molecule has 0 saturated carbocycles. The molecule has 108 valence electrons. The molecule has 0 saturated heterocycles. The Kier molecular flexibility index (Phi) is 4.81. The molecular formula is C13H17ClN4O2. The number of nitrogens with one attached hydrogen (secondary N) is 2. The standard InChI is InChI=1S/C13H17ClN4O2/c1-8(15-2)12-17-18-13(20-12)16-7-9-10(14)5-4-6-11(9)19-3/h4-6,8,15H,7H2,1-3H3,(H,16,18). The van der Waals surface area contributed by atoms with Gasteiger partial charge >= 0.3 is 6.01 Å². The first-order chi connectivity index (χ1) is 9.65. The number of hydrogen-bond donors (Lipinski definition) is 2. The Hall–Kier alpha value is -1.79. The van der Waals surface area contributed by atoms with Crippen LogP contribution in [-0.2, 0) is 6.54 Å². The number of methoxy groups -OCH3 is 1. The van der Waals surface area contributed by atoms with E-state index >= 15 is 0 Å². The van der Waals surface area contributed by atoms with Gasteiger partial charge in [0.1, 0.15) is 5.75 Å². The van der Waals surface area contributed by atoms with E-state index in [4.69, 9.17) is 20.8 Å². The van der Waals surface area contributed by atoms with Gasteiger partial charge < -0.3 is 19.8 Å². The SMILES string of the molecule is CNC(C)c1nnc(NCc2c(Cl)cccc2OC)o1. The summed E-state index contributed by atoms with van der Waals surface area (Å²) in [5.41, 5.74) is 0.845. The second-order valence-electron chi connectivity index (χ2n) is 4.23. The van der Waals surface area contributed by atoms with Gasteiger partial charge in [0, 0.05) is 17.1 Å². The number of benzene rings is 1. The smallest absolute Gasteiger partial charge is 0.315 e. The normalized spacial score (nSPS) is 12.2. The summed E-state index contributed by atoms with van der Waals surface area (Å²) in [5.74, 6) is 1.24. The molecule has 0 radical (unpaired) electrons. The summed E-state index contributed by atoms with van der Waals surface area (Å²) in [6.45, 7) is 2.38. The van der Waals surface area contributed by atoms with Gasteiger partial charge in [-0.05, 0) is 26.1 Å². The maximum absolute atomic E-state index is 6.16. The van der Waals surface area contributed by atoms with Crippen molar-refractivity contribution in [2.75, 3.05) is 19.5 Å². The first-order valence-corrected chi connectivity index (χ1v) is 6.59. The Balaban J connectivity index is 2.07. The molecule has 1 unspecified atom stereocenters. The number of halogens is 1. The van der Waals surface area contributed by atoms with Gasteiger partial charge in [0.2, 0.25) is 5.89 Å². The fraction of sp³-hybridized carbons (Fsp3) is 0.385. The van der Waals surface area contributed by atoms with Gasteiger partial charge in [0.25, 0.3) is 0 Å². The first-order valence-electron chi connectivity index (χ1n) is 6.21. The van der Waals surface area contributed by atoms with E-state index in [-0.39, 0.29) is 6.04 Å². The van der Waals surface area contributed by atoms with Gasteiger partial charge in [-0.3, -0.25) is 0 Å². The van der Waals surface area contributed by atoms with Gasteiger partial charge in [-0.15, -0.1) is 5.10 Å². The van der Waals surface area contributed by atoms with Crippen LogP contribution in [0.1, 0.15) is 24.4 Å². The van der Waals surface area contributed by atoms with Crippen LogP contribution in [0.2, 0.25) is 5.02 Å². The molecule has 0 amide bonds. The van der Waals surface area contributed by atoms with Crippen molar-refractivity contribution in [2.24, 2.45) is 0 Å². The molecular weight excluding hydrogens is 280 g/mol. The zero-order valence-corrected chi connectivity index (χ0v) is 12.4. The number of rotatable bonds is 6. The van der Waals surface area contributed by atoms with Crippen molar-refractivity contribution in [3.63, 3.8) is 0 Å². The van der Waals surface area contributed by atoms with Crippen LogP contribution in [0.15, 0.2) is 22.6 Å². The molecule has 0 spiro atoms. The average Bonchev–Trinajstić information content (AvgIpc) is 2.93. The molecule has 0 fully saturated rings. The third-order valence-corrected chi connectivity index (χ3v) is 3.31. The third kappa shape index (κ3) is 3.20. The molecule has 2 N–H and O–H groups in total. The Morgan fingerprint density at radius 3 is 2.90 bits per heavy atom. The topological polar surface area (TPSA) is 72.2 Å². The van der Waals surface area contributed by atoms with Crippen LogP contribution >= 0.6 is 11.6 Å². The van der Waals surface area contributed by atoms with Crippen LogP contribution in [0, 0.1) is 0 Å². The highest BCUT2D eigenvalue weighted by atomic mass is 35.5. The predicted octanol–water partition coefficient (Wildman–Crippen LogP) is 2.62. The van der Waals surface area contributed by atoms with E-state index in [1.165, 1.54) is 0 Å². The molecule has 1 heterocycles. The molecule has 0 aliphatic heterocycles. The lowest BCUT2D eigenvalue weighted by atomic mass is 10.2. The van der Waals surface area contributed by atoms with Crippen LogP contribution in [0.4, 0.5) is 6.01 Å². The van der Waals surface area contributed by atoms with E-state index in [0.29, 0.717) is 29.2 Å². The summed E-state index contributed by atoms with van der Waals surface area (Å²) in [6, 6.07) is 5.86. The van der Waals surface area contributed by atoms with Crippen LogP contribution in [0.25, 0.3) is 0 Å². The highest BCUT2D eigenvalue weighted by molar-refractivity contribution is 6.31. The molecule has 1 aromatic carbocycles.